The van der Waals surface area contributed by atoms with E-state index in [1.807, 2.05) is 13.8 Å². The Morgan fingerprint density at radius 2 is 1.92 bits per heavy atom. The normalized spacial score (nSPS) is 12.3. The first-order chi connectivity index (χ1) is 5.63. The van der Waals surface area contributed by atoms with Crippen LogP contribution in [-0.4, -0.2) is 13.1 Å². The summed E-state index contributed by atoms with van der Waals surface area (Å²) in [6.07, 6.45) is 3.30. The highest BCUT2D eigenvalue weighted by Crippen LogP contribution is 2.12. The monoisotopic (exact) mass is 170 g/mol. The zero-order valence-corrected chi connectivity index (χ0v) is 8.44. The molecule has 0 aliphatic rings. The number of methoxy groups -OCH3 is 1. The molecule has 0 spiro atoms. The number of unbranched alkanes of at least 4 members (excludes halogenated alkanes) is 1. The van der Waals surface area contributed by atoms with Gasteiger partial charge in [-0.25, -0.2) is 4.79 Å². The first-order valence-corrected chi connectivity index (χ1v) is 4.38. The average Bonchev–Trinajstić information content (AvgIpc) is 2.11. The first kappa shape index (κ1) is 11.2. The first-order valence-electron chi connectivity index (χ1n) is 4.38. The fraction of sp³-hybridized carbons (Fsp3) is 0.700. The fourth-order valence-corrected chi connectivity index (χ4v) is 0.957. The Balaban J connectivity index is 4.15. The second kappa shape index (κ2) is 5.81. The van der Waals surface area contributed by atoms with Crippen LogP contribution in [0.25, 0.3) is 0 Å². The van der Waals surface area contributed by atoms with E-state index >= 15 is 0 Å². The molecule has 2 nitrogen and oxygen atoms in total. The Labute approximate surface area is 74.6 Å². The summed E-state index contributed by atoms with van der Waals surface area (Å²) < 4.78 is 4.62. The van der Waals surface area contributed by atoms with Crippen molar-refractivity contribution in [1.29, 1.82) is 0 Å². The Morgan fingerprint density at radius 1 is 1.33 bits per heavy atom. The Kier molecular flexibility index (Phi) is 5.43. The molecule has 0 amide bonds. The van der Waals surface area contributed by atoms with Gasteiger partial charge in [0, 0.05) is 5.57 Å². The van der Waals surface area contributed by atoms with Crippen LogP contribution in [0.15, 0.2) is 11.1 Å². The van der Waals surface area contributed by atoms with E-state index in [4.69, 9.17) is 0 Å². The molecule has 0 rings (SSSR count). The predicted octanol–water partition coefficient (Wildman–Crippen LogP) is 2.69. The van der Waals surface area contributed by atoms with Crippen molar-refractivity contribution in [3.05, 3.63) is 11.1 Å². The van der Waals surface area contributed by atoms with Crippen molar-refractivity contribution in [1.82, 2.24) is 0 Å². The van der Waals surface area contributed by atoms with Gasteiger partial charge in [-0.2, -0.15) is 0 Å². The van der Waals surface area contributed by atoms with E-state index in [1.54, 1.807) is 0 Å². The number of carbonyl (C=O) groups excluding carboxylic acids is 1. The maximum absolute atomic E-state index is 11.0. The van der Waals surface area contributed by atoms with Gasteiger partial charge in [0.2, 0.25) is 0 Å². The van der Waals surface area contributed by atoms with Gasteiger partial charge in [0.25, 0.3) is 0 Å². The van der Waals surface area contributed by atoms with Crippen LogP contribution < -0.4 is 0 Å². The highest BCUT2D eigenvalue weighted by molar-refractivity contribution is 5.88. The van der Waals surface area contributed by atoms with Gasteiger partial charge in [0.15, 0.2) is 0 Å². The maximum atomic E-state index is 11.0. The molecule has 70 valence electrons. The summed E-state index contributed by atoms with van der Waals surface area (Å²) in [4.78, 5) is 11.0. The average molecular weight is 170 g/mol. The van der Waals surface area contributed by atoms with Gasteiger partial charge in [0.1, 0.15) is 0 Å². The summed E-state index contributed by atoms with van der Waals surface area (Å²) in [5.74, 6) is -0.205. The third-order valence-corrected chi connectivity index (χ3v) is 2.04. The summed E-state index contributed by atoms with van der Waals surface area (Å²) in [6, 6.07) is 0. The minimum absolute atomic E-state index is 0.205. The Hall–Kier alpha value is -0.790. The summed E-state index contributed by atoms with van der Waals surface area (Å²) in [5, 5.41) is 0. The molecule has 0 N–H and O–H groups in total. The van der Waals surface area contributed by atoms with E-state index in [9.17, 15) is 4.79 Å². The van der Waals surface area contributed by atoms with Crippen LogP contribution in [0, 0.1) is 0 Å². The lowest BCUT2D eigenvalue weighted by atomic mass is 10.1. The van der Waals surface area contributed by atoms with E-state index in [0.717, 1.165) is 30.4 Å². The van der Waals surface area contributed by atoms with E-state index < -0.39 is 0 Å². The van der Waals surface area contributed by atoms with Gasteiger partial charge in [-0.05, 0) is 26.7 Å². The standard InChI is InChI=1S/C10H18O2/c1-5-6-7-8(2)9(3)10(11)12-4/h5-7H2,1-4H3/b9-8-. The quantitative estimate of drug-likeness (QED) is 0.479. The third kappa shape index (κ3) is 3.56. The number of hydrogen-bond acceptors (Lipinski definition) is 2. The molecule has 12 heavy (non-hydrogen) atoms. The molecule has 0 radical (unpaired) electrons. The Bertz CT molecular complexity index is 180. The zero-order chi connectivity index (χ0) is 9.56. The number of allylic oxidation sites excluding steroid dienone is 1. The summed E-state index contributed by atoms with van der Waals surface area (Å²) in [6.45, 7) is 5.94. The molecule has 0 aromatic carbocycles. The maximum Gasteiger partial charge on any atom is 0.333 e. The van der Waals surface area contributed by atoms with Crippen LogP contribution in [0.3, 0.4) is 0 Å². The van der Waals surface area contributed by atoms with Gasteiger partial charge < -0.3 is 4.74 Å². The predicted molar refractivity (Wildman–Crippen MR) is 49.9 cm³/mol. The number of esters is 1. The summed E-state index contributed by atoms with van der Waals surface area (Å²) in [5.41, 5.74) is 1.90. The number of rotatable bonds is 4. The van der Waals surface area contributed by atoms with E-state index in [2.05, 4.69) is 11.7 Å². The lowest BCUT2D eigenvalue weighted by molar-refractivity contribution is -0.136. The smallest absolute Gasteiger partial charge is 0.333 e. The highest BCUT2D eigenvalue weighted by atomic mass is 16.5. The van der Waals surface area contributed by atoms with Crippen LogP contribution in [0.5, 0.6) is 0 Å². The van der Waals surface area contributed by atoms with Crippen LogP contribution in [-0.2, 0) is 9.53 Å². The lowest BCUT2D eigenvalue weighted by Crippen LogP contribution is -2.03. The van der Waals surface area contributed by atoms with Gasteiger partial charge in [-0.15, -0.1) is 0 Å². The van der Waals surface area contributed by atoms with E-state index in [1.165, 1.54) is 7.11 Å². The molecule has 0 aromatic rings. The summed E-state index contributed by atoms with van der Waals surface area (Å²) >= 11 is 0. The minimum Gasteiger partial charge on any atom is -0.466 e. The van der Waals surface area contributed by atoms with Gasteiger partial charge in [0.05, 0.1) is 7.11 Å². The molecule has 0 bridgehead atoms. The molecule has 2 heteroatoms. The van der Waals surface area contributed by atoms with Crippen molar-refractivity contribution in [3.8, 4) is 0 Å². The third-order valence-electron chi connectivity index (χ3n) is 2.04. The second-order valence-corrected chi connectivity index (χ2v) is 3.00. The topological polar surface area (TPSA) is 26.3 Å². The molecule has 0 saturated heterocycles. The van der Waals surface area contributed by atoms with Crippen molar-refractivity contribution in [2.75, 3.05) is 7.11 Å². The van der Waals surface area contributed by atoms with Crippen molar-refractivity contribution < 1.29 is 9.53 Å². The van der Waals surface area contributed by atoms with Crippen molar-refractivity contribution in [3.63, 3.8) is 0 Å². The van der Waals surface area contributed by atoms with E-state index in [0.29, 0.717) is 0 Å². The number of ether oxygens (including phenoxy) is 1. The molecule has 0 unspecified atom stereocenters. The van der Waals surface area contributed by atoms with Crippen LogP contribution in [0.2, 0.25) is 0 Å². The fourth-order valence-electron chi connectivity index (χ4n) is 0.957. The van der Waals surface area contributed by atoms with E-state index in [-0.39, 0.29) is 5.97 Å². The molecule has 0 aliphatic carbocycles. The van der Waals surface area contributed by atoms with Crippen molar-refractivity contribution >= 4 is 5.97 Å². The molecule has 0 heterocycles. The van der Waals surface area contributed by atoms with Crippen molar-refractivity contribution in [2.45, 2.75) is 40.0 Å². The summed E-state index contributed by atoms with van der Waals surface area (Å²) in [7, 11) is 1.42. The van der Waals surface area contributed by atoms with Crippen LogP contribution in [0.1, 0.15) is 40.0 Å². The molecular formula is C10H18O2. The largest absolute Gasteiger partial charge is 0.466 e. The highest BCUT2D eigenvalue weighted by Gasteiger charge is 2.06. The number of carbonyl (C=O) groups is 1. The van der Waals surface area contributed by atoms with Crippen molar-refractivity contribution in [2.24, 2.45) is 0 Å². The van der Waals surface area contributed by atoms with Gasteiger partial charge in [-0.1, -0.05) is 18.9 Å². The molecular weight excluding hydrogens is 152 g/mol. The van der Waals surface area contributed by atoms with Crippen LogP contribution >= 0.6 is 0 Å². The molecule has 0 fully saturated rings. The molecule has 0 aromatic heterocycles. The lowest BCUT2D eigenvalue weighted by Gasteiger charge is -2.04. The second-order valence-electron chi connectivity index (χ2n) is 3.00. The van der Waals surface area contributed by atoms with Crippen LogP contribution in [0.4, 0.5) is 0 Å². The van der Waals surface area contributed by atoms with Gasteiger partial charge in [-0.3, -0.25) is 0 Å². The zero-order valence-electron chi connectivity index (χ0n) is 8.44. The molecule has 0 aliphatic heterocycles. The molecule has 0 atom stereocenters. The molecule has 0 saturated carbocycles. The Morgan fingerprint density at radius 3 is 2.33 bits per heavy atom. The van der Waals surface area contributed by atoms with Gasteiger partial charge >= 0.3 is 5.97 Å². The SMILES string of the molecule is CCCC/C(C)=C(/C)C(=O)OC. The number of hydrogen-bond donors (Lipinski definition) is 0. The minimum atomic E-state index is -0.205.